The third kappa shape index (κ3) is 6.25. The Morgan fingerprint density at radius 3 is 2.40 bits per heavy atom. The number of hydrogen-bond donors (Lipinski definition) is 4. The van der Waals surface area contributed by atoms with Crippen molar-refractivity contribution in [3.63, 3.8) is 0 Å². The number of hydrogen-bond acceptors (Lipinski definition) is 5. The highest BCUT2D eigenvalue weighted by Gasteiger charge is 2.22. The van der Waals surface area contributed by atoms with Gasteiger partial charge in [0.05, 0.1) is 28.8 Å². The molecule has 1 aliphatic rings. The standard InChI is InChI=1S/C26H26Cl2N4O3/c27-20-12-17(16-4-2-1-3-5-16)13-21(28)25(20)26(34)31-10-9-30-24(33)15-32-22-8-11-35-23-7-6-18(29)14-19(22)23/h1-7,12-14,22,32H,8-11,15,29H2,(H,30,33)(H,31,34). The first kappa shape index (κ1) is 24.9. The smallest absolute Gasteiger partial charge is 0.254 e. The second-order valence-electron chi connectivity index (χ2n) is 8.15. The number of nitrogens with one attached hydrogen (secondary N) is 3. The number of amides is 2. The van der Waals surface area contributed by atoms with Crippen LogP contribution in [0, 0.1) is 0 Å². The lowest BCUT2D eigenvalue weighted by Crippen LogP contribution is -2.40. The lowest BCUT2D eigenvalue weighted by molar-refractivity contribution is -0.120. The van der Waals surface area contributed by atoms with E-state index in [2.05, 4.69) is 16.0 Å². The molecule has 3 aromatic carbocycles. The van der Waals surface area contributed by atoms with Gasteiger partial charge in [-0.3, -0.25) is 9.59 Å². The van der Waals surface area contributed by atoms with Gasteiger partial charge >= 0.3 is 0 Å². The highest BCUT2D eigenvalue weighted by Crippen LogP contribution is 2.33. The van der Waals surface area contributed by atoms with Crippen LogP contribution >= 0.6 is 23.2 Å². The molecular formula is C26H26Cl2N4O3. The maximum absolute atomic E-state index is 12.6. The van der Waals surface area contributed by atoms with Crippen molar-refractivity contribution in [3.8, 4) is 16.9 Å². The van der Waals surface area contributed by atoms with Crippen molar-refractivity contribution in [3.05, 3.63) is 81.8 Å². The van der Waals surface area contributed by atoms with Crippen molar-refractivity contribution in [2.45, 2.75) is 12.5 Å². The number of ether oxygens (including phenoxy) is 1. The van der Waals surface area contributed by atoms with E-state index >= 15 is 0 Å². The number of anilines is 1. The number of benzene rings is 3. The van der Waals surface area contributed by atoms with Crippen molar-refractivity contribution in [1.29, 1.82) is 0 Å². The van der Waals surface area contributed by atoms with Gasteiger partial charge in [-0.1, -0.05) is 53.5 Å². The van der Waals surface area contributed by atoms with E-state index in [9.17, 15) is 9.59 Å². The largest absolute Gasteiger partial charge is 0.493 e. The van der Waals surface area contributed by atoms with Crippen molar-refractivity contribution >= 4 is 40.7 Å². The molecule has 5 N–H and O–H groups in total. The summed E-state index contributed by atoms with van der Waals surface area (Å²) in [5.41, 5.74) is 9.47. The van der Waals surface area contributed by atoms with Gasteiger partial charge in [-0.05, 0) is 41.5 Å². The Bertz CT molecular complexity index is 1200. The summed E-state index contributed by atoms with van der Waals surface area (Å²) < 4.78 is 5.64. The molecule has 7 nitrogen and oxygen atoms in total. The van der Waals surface area contributed by atoms with Gasteiger partial charge in [0.25, 0.3) is 5.91 Å². The third-order valence-electron chi connectivity index (χ3n) is 5.69. The summed E-state index contributed by atoms with van der Waals surface area (Å²) in [4.78, 5) is 24.9. The molecule has 3 aromatic rings. The van der Waals surface area contributed by atoms with Gasteiger partial charge in [0, 0.05) is 36.8 Å². The second kappa shape index (κ2) is 11.4. The Hall–Kier alpha value is -3.26. The summed E-state index contributed by atoms with van der Waals surface area (Å²) in [6, 6.07) is 18.5. The summed E-state index contributed by atoms with van der Waals surface area (Å²) in [7, 11) is 0. The van der Waals surface area contributed by atoms with Crippen LogP contribution < -0.4 is 26.4 Å². The van der Waals surface area contributed by atoms with E-state index < -0.39 is 5.91 Å². The number of nitrogens with two attached hydrogens (primary N) is 1. The minimum atomic E-state index is -0.400. The predicted octanol–water partition coefficient (Wildman–Crippen LogP) is 4.20. The summed E-state index contributed by atoms with van der Waals surface area (Å²) in [5.74, 6) is 0.197. The molecule has 1 unspecified atom stereocenters. The fourth-order valence-corrected chi connectivity index (χ4v) is 4.62. The number of halogens is 2. The van der Waals surface area contributed by atoms with Crippen LogP contribution in [0.25, 0.3) is 11.1 Å². The summed E-state index contributed by atoms with van der Waals surface area (Å²) in [6.45, 7) is 1.19. The van der Waals surface area contributed by atoms with Crippen LogP contribution in [-0.2, 0) is 4.79 Å². The molecule has 0 radical (unpaired) electrons. The summed E-state index contributed by atoms with van der Waals surface area (Å²) >= 11 is 12.7. The van der Waals surface area contributed by atoms with Crippen LogP contribution in [0.4, 0.5) is 5.69 Å². The molecule has 0 saturated carbocycles. The Morgan fingerprint density at radius 1 is 0.943 bits per heavy atom. The fraction of sp³-hybridized carbons (Fsp3) is 0.231. The quantitative estimate of drug-likeness (QED) is 0.267. The molecule has 0 spiro atoms. The predicted molar refractivity (Wildman–Crippen MR) is 139 cm³/mol. The second-order valence-corrected chi connectivity index (χ2v) is 8.97. The van der Waals surface area contributed by atoms with Gasteiger partial charge in [-0.2, -0.15) is 0 Å². The first-order valence-corrected chi connectivity index (χ1v) is 12.0. The minimum absolute atomic E-state index is 0.0177. The van der Waals surface area contributed by atoms with E-state index in [0.29, 0.717) is 12.3 Å². The maximum Gasteiger partial charge on any atom is 0.254 e. The van der Waals surface area contributed by atoms with Crippen LogP contribution in [0.3, 0.4) is 0 Å². The SMILES string of the molecule is Nc1ccc2c(c1)C(NCC(=O)NCCNC(=O)c1c(Cl)cc(-c3ccccc3)cc1Cl)CCO2. The van der Waals surface area contributed by atoms with Crippen LogP contribution in [0.15, 0.2) is 60.7 Å². The Kier molecular flexibility index (Phi) is 8.13. The van der Waals surface area contributed by atoms with E-state index in [0.717, 1.165) is 28.9 Å². The van der Waals surface area contributed by atoms with Crippen molar-refractivity contribution in [2.24, 2.45) is 0 Å². The average Bonchev–Trinajstić information content (AvgIpc) is 2.85. The molecule has 0 saturated heterocycles. The third-order valence-corrected chi connectivity index (χ3v) is 6.29. The zero-order valence-electron chi connectivity index (χ0n) is 18.9. The molecule has 0 fully saturated rings. The first-order chi connectivity index (χ1) is 16.9. The van der Waals surface area contributed by atoms with Crippen molar-refractivity contribution < 1.29 is 14.3 Å². The molecular weight excluding hydrogens is 487 g/mol. The first-order valence-electron chi connectivity index (χ1n) is 11.3. The van der Waals surface area contributed by atoms with E-state index in [4.69, 9.17) is 33.7 Å². The molecule has 1 heterocycles. The molecule has 1 atom stereocenters. The zero-order chi connectivity index (χ0) is 24.8. The average molecular weight is 513 g/mol. The van der Waals surface area contributed by atoms with Crippen LogP contribution in [-0.4, -0.2) is 38.1 Å². The molecule has 0 bridgehead atoms. The van der Waals surface area contributed by atoms with Gasteiger partial charge in [0.1, 0.15) is 5.75 Å². The monoisotopic (exact) mass is 512 g/mol. The molecule has 9 heteroatoms. The highest BCUT2D eigenvalue weighted by atomic mass is 35.5. The Morgan fingerprint density at radius 2 is 1.66 bits per heavy atom. The van der Waals surface area contributed by atoms with E-state index in [-0.39, 0.29) is 47.2 Å². The van der Waals surface area contributed by atoms with Crippen molar-refractivity contribution in [2.75, 3.05) is 32.0 Å². The minimum Gasteiger partial charge on any atom is -0.493 e. The number of carbonyl (C=O) groups is 2. The lowest BCUT2D eigenvalue weighted by Gasteiger charge is -2.27. The Labute approximate surface area is 213 Å². The number of fused-ring (bicyclic) bond motifs is 1. The molecule has 1 aliphatic heterocycles. The molecule has 35 heavy (non-hydrogen) atoms. The molecule has 2 amide bonds. The normalized spacial score (nSPS) is 14.5. The topological polar surface area (TPSA) is 105 Å². The lowest BCUT2D eigenvalue weighted by atomic mass is 10.00. The van der Waals surface area contributed by atoms with Crippen molar-refractivity contribution in [1.82, 2.24) is 16.0 Å². The van der Waals surface area contributed by atoms with Gasteiger partial charge in [0.2, 0.25) is 5.91 Å². The molecule has 0 aliphatic carbocycles. The maximum atomic E-state index is 12.6. The van der Waals surface area contributed by atoms with Gasteiger partial charge in [-0.25, -0.2) is 0 Å². The van der Waals surface area contributed by atoms with E-state index in [1.165, 1.54) is 0 Å². The number of rotatable bonds is 8. The van der Waals surface area contributed by atoms with Crippen LogP contribution in [0.1, 0.15) is 28.4 Å². The summed E-state index contributed by atoms with van der Waals surface area (Å²) in [5, 5.41) is 9.30. The molecule has 0 aromatic heterocycles. The highest BCUT2D eigenvalue weighted by molar-refractivity contribution is 6.40. The van der Waals surface area contributed by atoms with E-state index in [1.807, 2.05) is 42.5 Å². The zero-order valence-corrected chi connectivity index (χ0v) is 20.5. The number of carbonyl (C=O) groups excluding carboxylic acids is 2. The number of nitrogen functional groups attached to an aromatic ring is 1. The van der Waals surface area contributed by atoms with E-state index in [1.54, 1.807) is 18.2 Å². The molecule has 182 valence electrons. The van der Waals surface area contributed by atoms with Gasteiger partial charge < -0.3 is 26.4 Å². The van der Waals surface area contributed by atoms with Gasteiger partial charge in [-0.15, -0.1) is 0 Å². The fourth-order valence-electron chi connectivity index (χ4n) is 3.96. The Balaban J connectivity index is 1.24. The van der Waals surface area contributed by atoms with Crippen LogP contribution in [0.5, 0.6) is 5.75 Å². The molecule has 4 rings (SSSR count). The van der Waals surface area contributed by atoms with Gasteiger partial charge in [0.15, 0.2) is 0 Å². The summed E-state index contributed by atoms with van der Waals surface area (Å²) in [6.07, 6.45) is 0.740. The van der Waals surface area contributed by atoms with Crippen LogP contribution in [0.2, 0.25) is 10.0 Å².